The third kappa shape index (κ3) is 3.29. The van der Waals surface area contributed by atoms with E-state index in [2.05, 4.69) is 32.9 Å². The maximum Gasteiger partial charge on any atom is 0.302 e. The van der Waals surface area contributed by atoms with E-state index in [1.165, 1.54) is 25.3 Å². The van der Waals surface area contributed by atoms with Gasteiger partial charge in [-0.05, 0) is 55.4 Å². The minimum absolute atomic E-state index is 0.178. The minimum Gasteiger partial charge on any atom is -0.461 e. The maximum absolute atomic E-state index is 10.9. The van der Waals surface area contributed by atoms with E-state index in [0.29, 0.717) is 24.4 Å². The van der Waals surface area contributed by atoms with E-state index < -0.39 is 0 Å². The second kappa shape index (κ2) is 5.94. The van der Waals surface area contributed by atoms with Gasteiger partial charge in [-0.25, -0.2) is 0 Å². The van der Waals surface area contributed by atoms with E-state index in [0.717, 1.165) is 12.3 Å². The number of allylic oxidation sites excluding steroid dienone is 3. The number of carbonyl (C=O) groups excluding carboxylic acids is 1. The van der Waals surface area contributed by atoms with Gasteiger partial charge in [0.2, 0.25) is 0 Å². The lowest BCUT2D eigenvalue weighted by molar-refractivity contribution is -0.140. The van der Waals surface area contributed by atoms with Crippen LogP contribution >= 0.6 is 0 Å². The van der Waals surface area contributed by atoms with Gasteiger partial charge in [0.15, 0.2) is 0 Å². The molecule has 0 amide bonds. The van der Waals surface area contributed by atoms with Gasteiger partial charge in [-0.2, -0.15) is 0 Å². The van der Waals surface area contributed by atoms with Crippen LogP contribution in [0.25, 0.3) is 0 Å². The van der Waals surface area contributed by atoms with E-state index in [-0.39, 0.29) is 5.97 Å². The molecule has 0 unspecified atom stereocenters. The van der Waals surface area contributed by atoms with Crippen LogP contribution in [0.5, 0.6) is 0 Å². The van der Waals surface area contributed by atoms with Gasteiger partial charge in [-0.15, -0.1) is 0 Å². The summed E-state index contributed by atoms with van der Waals surface area (Å²) in [5.41, 5.74) is 2.88. The average molecular weight is 262 g/mol. The molecule has 0 aromatic carbocycles. The fourth-order valence-corrected chi connectivity index (χ4v) is 3.62. The van der Waals surface area contributed by atoms with Crippen LogP contribution in [-0.4, -0.2) is 12.6 Å². The Bertz CT molecular complexity index is 403. The van der Waals surface area contributed by atoms with Crippen molar-refractivity contribution in [1.29, 1.82) is 0 Å². The first-order valence-corrected chi connectivity index (χ1v) is 7.48. The van der Waals surface area contributed by atoms with E-state index in [1.807, 2.05) is 0 Å². The molecule has 2 aliphatic carbocycles. The average Bonchev–Trinajstić information content (AvgIpc) is 2.36. The summed E-state index contributed by atoms with van der Waals surface area (Å²) in [6, 6.07) is 0. The first kappa shape index (κ1) is 14.4. The molecule has 2 nitrogen and oxygen atoms in total. The number of fused-ring (bicyclic) bond motifs is 1. The summed E-state index contributed by atoms with van der Waals surface area (Å²) in [5.74, 6) is 2.62. The van der Waals surface area contributed by atoms with Gasteiger partial charge in [0.25, 0.3) is 0 Å². The zero-order valence-electron chi connectivity index (χ0n) is 12.6. The van der Waals surface area contributed by atoms with Crippen LogP contribution in [0.4, 0.5) is 0 Å². The number of rotatable bonds is 3. The van der Waals surface area contributed by atoms with Crippen LogP contribution < -0.4 is 0 Å². The topological polar surface area (TPSA) is 26.3 Å². The number of hydrogen-bond donors (Lipinski definition) is 0. The minimum atomic E-state index is -0.178. The zero-order chi connectivity index (χ0) is 14.0. The third-order valence-electron chi connectivity index (χ3n) is 4.78. The summed E-state index contributed by atoms with van der Waals surface area (Å²) in [6.45, 7) is 8.90. The van der Waals surface area contributed by atoms with Crippen molar-refractivity contribution >= 4 is 5.97 Å². The highest BCUT2D eigenvalue weighted by molar-refractivity contribution is 5.66. The molecule has 0 radical (unpaired) electrons. The predicted octanol–water partition coefficient (Wildman–Crippen LogP) is 4.12. The van der Waals surface area contributed by atoms with E-state index in [9.17, 15) is 4.79 Å². The van der Waals surface area contributed by atoms with Crippen molar-refractivity contribution in [1.82, 2.24) is 0 Å². The molecule has 0 heterocycles. The molecule has 2 heteroatoms. The van der Waals surface area contributed by atoms with Gasteiger partial charge in [-0.1, -0.05) is 31.6 Å². The highest BCUT2D eigenvalue weighted by atomic mass is 16.5. The van der Waals surface area contributed by atoms with Gasteiger partial charge >= 0.3 is 5.97 Å². The highest BCUT2D eigenvalue weighted by Gasteiger charge is 2.35. The van der Waals surface area contributed by atoms with Crippen molar-refractivity contribution in [3.8, 4) is 0 Å². The second-order valence-corrected chi connectivity index (χ2v) is 6.42. The molecule has 0 bridgehead atoms. The number of hydrogen-bond acceptors (Lipinski definition) is 2. The number of esters is 1. The number of carbonyl (C=O) groups is 1. The smallest absolute Gasteiger partial charge is 0.302 e. The SMILES string of the molecule is CC(=O)OCC1=C[C@@H]2[C@H](CC1)C(C)=CC[C@H]2C(C)C. The molecule has 0 spiro atoms. The van der Waals surface area contributed by atoms with Crippen LogP contribution in [0.1, 0.15) is 47.0 Å². The Morgan fingerprint density at radius 2 is 2.21 bits per heavy atom. The van der Waals surface area contributed by atoms with Gasteiger partial charge in [0.1, 0.15) is 6.61 Å². The van der Waals surface area contributed by atoms with E-state index >= 15 is 0 Å². The molecule has 2 rings (SSSR count). The second-order valence-electron chi connectivity index (χ2n) is 6.42. The van der Waals surface area contributed by atoms with Gasteiger partial charge in [-0.3, -0.25) is 4.79 Å². The molecule has 3 atom stereocenters. The van der Waals surface area contributed by atoms with Crippen molar-refractivity contribution in [3.63, 3.8) is 0 Å². The Morgan fingerprint density at radius 3 is 2.84 bits per heavy atom. The molecule has 0 saturated heterocycles. The molecule has 19 heavy (non-hydrogen) atoms. The summed E-state index contributed by atoms with van der Waals surface area (Å²) in [5, 5.41) is 0. The largest absolute Gasteiger partial charge is 0.461 e. The summed E-state index contributed by atoms with van der Waals surface area (Å²) in [6.07, 6.45) is 8.34. The Balaban J connectivity index is 2.14. The Labute approximate surface area is 116 Å². The lowest BCUT2D eigenvalue weighted by Gasteiger charge is -2.41. The Morgan fingerprint density at radius 1 is 1.47 bits per heavy atom. The van der Waals surface area contributed by atoms with Crippen molar-refractivity contribution in [2.45, 2.75) is 47.0 Å². The molecule has 106 valence electrons. The lowest BCUT2D eigenvalue weighted by Crippen LogP contribution is -2.32. The molecule has 2 aliphatic rings. The van der Waals surface area contributed by atoms with Crippen molar-refractivity contribution in [2.24, 2.45) is 23.7 Å². The quantitative estimate of drug-likeness (QED) is 0.565. The third-order valence-corrected chi connectivity index (χ3v) is 4.78. The normalized spacial score (nSPS) is 30.5. The summed E-state index contributed by atoms with van der Waals surface area (Å²) in [4.78, 5) is 10.9. The van der Waals surface area contributed by atoms with E-state index in [4.69, 9.17) is 4.74 Å². The molecular weight excluding hydrogens is 236 g/mol. The fourth-order valence-electron chi connectivity index (χ4n) is 3.62. The number of ether oxygens (including phenoxy) is 1. The Kier molecular flexibility index (Phi) is 4.49. The van der Waals surface area contributed by atoms with E-state index in [1.54, 1.807) is 5.57 Å². The highest BCUT2D eigenvalue weighted by Crippen LogP contribution is 2.45. The van der Waals surface area contributed by atoms with Crippen molar-refractivity contribution in [3.05, 3.63) is 23.3 Å². The molecule has 0 N–H and O–H groups in total. The summed E-state index contributed by atoms with van der Waals surface area (Å²) in [7, 11) is 0. The van der Waals surface area contributed by atoms with Gasteiger partial charge in [0.05, 0.1) is 0 Å². The molecule has 0 saturated carbocycles. The van der Waals surface area contributed by atoms with Crippen LogP contribution in [0.3, 0.4) is 0 Å². The lowest BCUT2D eigenvalue weighted by atomic mass is 9.64. The van der Waals surface area contributed by atoms with Crippen LogP contribution in [0.2, 0.25) is 0 Å². The maximum atomic E-state index is 10.9. The van der Waals surface area contributed by atoms with Gasteiger partial charge < -0.3 is 4.74 Å². The molecule has 0 aromatic heterocycles. The monoisotopic (exact) mass is 262 g/mol. The van der Waals surface area contributed by atoms with Crippen LogP contribution in [-0.2, 0) is 9.53 Å². The zero-order valence-corrected chi connectivity index (χ0v) is 12.6. The Hall–Kier alpha value is -1.05. The molecule has 0 aliphatic heterocycles. The first-order chi connectivity index (χ1) is 8.99. The molecular formula is C17H26O2. The van der Waals surface area contributed by atoms with Gasteiger partial charge in [0, 0.05) is 6.92 Å². The molecule has 0 aromatic rings. The van der Waals surface area contributed by atoms with Crippen molar-refractivity contribution in [2.75, 3.05) is 6.61 Å². The standard InChI is InChI=1S/C17H26O2/c1-11(2)15-7-5-12(3)16-8-6-14(9-17(15)16)10-19-13(4)18/h5,9,11,15-17H,6-8,10H2,1-4H3/t15-,16+,17-/m0/s1. The van der Waals surface area contributed by atoms with Crippen LogP contribution in [0, 0.1) is 23.7 Å². The van der Waals surface area contributed by atoms with Crippen LogP contribution in [0.15, 0.2) is 23.3 Å². The summed E-state index contributed by atoms with van der Waals surface area (Å²) < 4.78 is 5.16. The first-order valence-electron chi connectivity index (χ1n) is 7.48. The summed E-state index contributed by atoms with van der Waals surface area (Å²) >= 11 is 0. The predicted molar refractivity (Wildman–Crippen MR) is 77.6 cm³/mol. The van der Waals surface area contributed by atoms with Crippen molar-refractivity contribution < 1.29 is 9.53 Å². The fraction of sp³-hybridized carbons (Fsp3) is 0.706. The molecule has 0 fully saturated rings.